The summed E-state index contributed by atoms with van der Waals surface area (Å²) in [5, 5.41) is 7.30. The number of halogens is 1. The second-order valence-corrected chi connectivity index (χ2v) is 7.41. The molecule has 1 unspecified atom stereocenters. The Morgan fingerprint density at radius 2 is 2.22 bits per heavy atom. The molecule has 0 spiro atoms. The maximum Gasteiger partial charge on any atom is 0.274 e. The van der Waals surface area contributed by atoms with Crippen molar-refractivity contribution in [1.29, 1.82) is 0 Å². The van der Waals surface area contributed by atoms with Crippen LogP contribution >= 0.6 is 0 Å². The van der Waals surface area contributed by atoms with Gasteiger partial charge in [-0.2, -0.15) is 5.10 Å². The molecule has 1 aliphatic heterocycles. The normalized spacial score (nSPS) is 16.4. The third kappa shape index (κ3) is 4.17. The number of imidazole rings is 1. The fraction of sp³-hybridized carbons (Fsp3) is 0.273. The molecule has 4 aromatic rings. The van der Waals surface area contributed by atoms with E-state index in [9.17, 15) is 9.18 Å². The average molecular weight is 436 g/mol. The van der Waals surface area contributed by atoms with Gasteiger partial charge in [-0.25, -0.2) is 14.4 Å². The molecule has 0 saturated carbocycles. The zero-order chi connectivity index (χ0) is 21.9. The Balaban J connectivity index is 1.20. The summed E-state index contributed by atoms with van der Waals surface area (Å²) in [6, 6.07) is 9.97. The van der Waals surface area contributed by atoms with Crippen molar-refractivity contribution in [2.24, 2.45) is 0 Å². The molecule has 164 valence electrons. The van der Waals surface area contributed by atoms with Crippen LogP contribution in [0.25, 0.3) is 5.78 Å². The second-order valence-electron chi connectivity index (χ2n) is 7.41. The zero-order valence-electron chi connectivity index (χ0n) is 17.1. The van der Waals surface area contributed by atoms with Gasteiger partial charge in [0, 0.05) is 37.3 Å². The number of H-pyrrole nitrogens is 1. The Morgan fingerprint density at radius 3 is 3.09 bits per heavy atom. The van der Waals surface area contributed by atoms with Gasteiger partial charge in [-0.3, -0.25) is 14.3 Å². The number of hydrogen-bond acceptors (Lipinski definition) is 6. The number of carbonyl (C=O) groups excluding carboxylic acids is 1. The SMILES string of the molecule is O=C(c1cn2cccnc2n1)N1CCOC(c2cc(CCOc3ccccc3F)[nH]n2)C1. The summed E-state index contributed by atoms with van der Waals surface area (Å²) < 4.78 is 26.7. The number of fused-ring (bicyclic) bond motifs is 1. The lowest BCUT2D eigenvalue weighted by atomic mass is 10.1. The molecule has 32 heavy (non-hydrogen) atoms. The van der Waals surface area contributed by atoms with Crippen LogP contribution in [0.3, 0.4) is 0 Å². The Labute approximate surface area is 182 Å². The van der Waals surface area contributed by atoms with Crippen LogP contribution in [-0.4, -0.2) is 61.7 Å². The lowest BCUT2D eigenvalue weighted by Crippen LogP contribution is -2.42. The highest BCUT2D eigenvalue weighted by Crippen LogP contribution is 2.23. The molecule has 4 heterocycles. The number of hydrogen-bond donors (Lipinski definition) is 1. The first-order chi connectivity index (χ1) is 15.7. The number of para-hydroxylation sites is 1. The Morgan fingerprint density at radius 1 is 1.31 bits per heavy atom. The molecule has 1 atom stereocenters. The molecule has 9 nitrogen and oxygen atoms in total. The highest BCUT2D eigenvalue weighted by molar-refractivity contribution is 5.92. The monoisotopic (exact) mass is 436 g/mol. The van der Waals surface area contributed by atoms with Crippen LogP contribution in [0, 0.1) is 5.82 Å². The highest BCUT2D eigenvalue weighted by Gasteiger charge is 2.29. The summed E-state index contributed by atoms with van der Waals surface area (Å²) in [6.45, 7) is 1.56. The molecule has 0 aliphatic carbocycles. The van der Waals surface area contributed by atoms with Gasteiger partial charge in [0.1, 0.15) is 11.8 Å². The van der Waals surface area contributed by atoms with Gasteiger partial charge in [-0.1, -0.05) is 12.1 Å². The van der Waals surface area contributed by atoms with Crippen molar-refractivity contribution in [3.05, 3.63) is 77.9 Å². The molecule has 5 rings (SSSR count). The predicted molar refractivity (Wildman–Crippen MR) is 112 cm³/mol. The van der Waals surface area contributed by atoms with Crippen molar-refractivity contribution >= 4 is 11.7 Å². The fourth-order valence-corrected chi connectivity index (χ4v) is 3.61. The summed E-state index contributed by atoms with van der Waals surface area (Å²) in [7, 11) is 0. The number of ether oxygens (including phenoxy) is 2. The molecule has 1 saturated heterocycles. The lowest BCUT2D eigenvalue weighted by Gasteiger charge is -2.31. The number of rotatable bonds is 6. The summed E-state index contributed by atoms with van der Waals surface area (Å²) >= 11 is 0. The molecule has 0 radical (unpaired) electrons. The molecule has 10 heteroatoms. The van der Waals surface area contributed by atoms with E-state index in [-0.39, 0.29) is 23.6 Å². The Kier molecular flexibility index (Phi) is 5.51. The van der Waals surface area contributed by atoms with E-state index in [0.29, 0.717) is 49.9 Å². The van der Waals surface area contributed by atoms with Crippen LogP contribution in [0.1, 0.15) is 28.0 Å². The van der Waals surface area contributed by atoms with Crippen LogP contribution in [0.2, 0.25) is 0 Å². The van der Waals surface area contributed by atoms with Gasteiger partial charge in [0.25, 0.3) is 5.91 Å². The summed E-state index contributed by atoms with van der Waals surface area (Å²) in [5.41, 5.74) is 1.90. The maximum absolute atomic E-state index is 13.6. The van der Waals surface area contributed by atoms with Crippen molar-refractivity contribution in [2.75, 3.05) is 26.3 Å². The smallest absolute Gasteiger partial charge is 0.274 e. The molecule has 3 aromatic heterocycles. The molecule has 1 amide bonds. The van der Waals surface area contributed by atoms with Crippen LogP contribution in [0.5, 0.6) is 5.75 Å². The quantitative estimate of drug-likeness (QED) is 0.499. The number of morpholine rings is 1. The molecular weight excluding hydrogens is 415 g/mol. The minimum absolute atomic E-state index is 0.169. The Bertz CT molecular complexity index is 1210. The van der Waals surface area contributed by atoms with E-state index in [1.807, 2.05) is 6.07 Å². The molecule has 1 aromatic carbocycles. The summed E-state index contributed by atoms with van der Waals surface area (Å²) in [6.07, 6.45) is 5.30. The van der Waals surface area contributed by atoms with E-state index < -0.39 is 0 Å². The standard InChI is InChI=1S/C22H21FN6O3/c23-16-4-1-2-5-19(16)31-10-6-15-12-17(27-26-15)20-14-28(9-11-32-20)21(30)18-13-29-8-3-7-24-22(29)25-18/h1-5,7-8,12-13,20H,6,9-11,14H2,(H,26,27). The Hall–Kier alpha value is -3.79. The third-order valence-electron chi connectivity index (χ3n) is 5.25. The molecule has 1 fully saturated rings. The highest BCUT2D eigenvalue weighted by atomic mass is 19.1. The van der Waals surface area contributed by atoms with Crippen molar-refractivity contribution in [3.63, 3.8) is 0 Å². The van der Waals surface area contributed by atoms with Gasteiger partial charge < -0.3 is 14.4 Å². The van der Waals surface area contributed by atoms with E-state index in [2.05, 4.69) is 20.2 Å². The summed E-state index contributed by atoms with van der Waals surface area (Å²) in [4.78, 5) is 23.1. The van der Waals surface area contributed by atoms with E-state index in [0.717, 1.165) is 5.69 Å². The van der Waals surface area contributed by atoms with Gasteiger partial charge in [0.05, 0.1) is 25.5 Å². The zero-order valence-corrected chi connectivity index (χ0v) is 17.1. The minimum Gasteiger partial charge on any atom is -0.490 e. The number of aromatic amines is 1. The third-order valence-corrected chi connectivity index (χ3v) is 5.25. The van der Waals surface area contributed by atoms with E-state index in [1.54, 1.807) is 52.2 Å². The van der Waals surface area contributed by atoms with Gasteiger partial charge in [-0.05, 0) is 24.3 Å². The lowest BCUT2D eigenvalue weighted by molar-refractivity contribution is -0.0249. The van der Waals surface area contributed by atoms with Crippen LogP contribution in [-0.2, 0) is 11.2 Å². The van der Waals surface area contributed by atoms with Crippen molar-refractivity contribution in [1.82, 2.24) is 29.5 Å². The van der Waals surface area contributed by atoms with E-state index in [1.165, 1.54) is 6.07 Å². The maximum atomic E-state index is 13.6. The number of benzene rings is 1. The molecule has 1 N–H and O–H groups in total. The number of nitrogens with one attached hydrogen (secondary N) is 1. The van der Waals surface area contributed by atoms with Crippen LogP contribution in [0.4, 0.5) is 4.39 Å². The minimum atomic E-state index is -0.389. The second kappa shape index (κ2) is 8.75. The first-order valence-electron chi connectivity index (χ1n) is 10.3. The first-order valence-corrected chi connectivity index (χ1v) is 10.3. The number of carbonyl (C=O) groups is 1. The van der Waals surface area contributed by atoms with E-state index >= 15 is 0 Å². The predicted octanol–water partition coefficient (Wildman–Crippen LogP) is 2.43. The summed E-state index contributed by atoms with van der Waals surface area (Å²) in [5.74, 6) is 0.145. The fourth-order valence-electron chi connectivity index (χ4n) is 3.61. The number of nitrogens with zero attached hydrogens (tertiary/aromatic N) is 5. The van der Waals surface area contributed by atoms with E-state index in [4.69, 9.17) is 9.47 Å². The van der Waals surface area contributed by atoms with Gasteiger partial charge in [0.15, 0.2) is 11.6 Å². The van der Waals surface area contributed by atoms with Crippen molar-refractivity contribution in [3.8, 4) is 5.75 Å². The molecule has 1 aliphatic rings. The molecular formula is C22H21FN6O3. The number of amides is 1. The average Bonchev–Trinajstić information content (AvgIpc) is 3.47. The first kappa shape index (κ1) is 20.1. The van der Waals surface area contributed by atoms with Gasteiger partial charge in [0.2, 0.25) is 5.78 Å². The van der Waals surface area contributed by atoms with Crippen molar-refractivity contribution < 1.29 is 18.7 Å². The number of aromatic nitrogens is 5. The van der Waals surface area contributed by atoms with Gasteiger partial charge in [-0.15, -0.1) is 0 Å². The van der Waals surface area contributed by atoms with Crippen LogP contribution in [0.15, 0.2) is 55.0 Å². The molecule has 0 bridgehead atoms. The van der Waals surface area contributed by atoms with Crippen molar-refractivity contribution in [2.45, 2.75) is 12.5 Å². The van der Waals surface area contributed by atoms with Crippen LogP contribution < -0.4 is 4.74 Å². The van der Waals surface area contributed by atoms with Gasteiger partial charge >= 0.3 is 0 Å². The largest absolute Gasteiger partial charge is 0.490 e. The topological polar surface area (TPSA) is 97.6 Å².